The summed E-state index contributed by atoms with van der Waals surface area (Å²) in [6.07, 6.45) is 3.00. The Morgan fingerprint density at radius 3 is 2.44 bits per heavy atom. The third-order valence-corrected chi connectivity index (χ3v) is 3.49. The molecule has 134 valence electrons. The van der Waals surface area contributed by atoms with E-state index in [9.17, 15) is 9.59 Å². The van der Waals surface area contributed by atoms with Gasteiger partial charge in [-0.25, -0.2) is 9.78 Å². The Kier molecular flexibility index (Phi) is 6.16. The summed E-state index contributed by atoms with van der Waals surface area (Å²) in [6.45, 7) is 5.76. The molecule has 2 rings (SSSR count). The Bertz CT molecular complexity index is 722. The van der Waals surface area contributed by atoms with Gasteiger partial charge in [0.25, 0.3) is 0 Å². The molecule has 0 radical (unpaired) electrons. The van der Waals surface area contributed by atoms with E-state index in [-0.39, 0.29) is 11.8 Å². The number of hydrogen-bond donors (Lipinski definition) is 2. The number of hydrogen-bond acceptors (Lipinski definition) is 4. The number of alkyl carbamates (subject to hydrolysis) is 1. The van der Waals surface area contributed by atoms with E-state index in [1.807, 2.05) is 43.8 Å². The predicted octanol–water partition coefficient (Wildman–Crippen LogP) is 2.85. The van der Waals surface area contributed by atoms with Crippen LogP contribution in [0.15, 0.2) is 36.7 Å². The average Bonchev–Trinajstić information content (AvgIpc) is 2.97. The maximum Gasteiger partial charge on any atom is 0.408 e. The van der Waals surface area contributed by atoms with Crippen LogP contribution in [0.2, 0.25) is 0 Å². The molecular weight excluding hydrogens is 320 g/mol. The standard InChI is InChI=1S/C18H24N4O3/c1-12(2)11-25-18(24)21-16(17-19-9-10-22(17)4)14-5-7-15(8-6-14)20-13(3)23/h5-10,12,16H,11H2,1-4H3,(H,20,23)(H,21,24). The van der Waals surface area contributed by atoms with Gasteiger partial charge in [0.1, 0.15) is 11.9 Å². The van der Waals surface area contributed by atoms with Crippen molar-refractivity contribution in [1.82, 2.24) is 14.9 Å². The summed E-state index contributed by atoms with van der Waals surface area (Å²) in [4.78, 5) is 27.6. The summed E-state index contributed by atoms with van der Waals surface area (Å²) in [7, 11) is 1.86. The van der Waals surface area contributed by atoms with Gasteiger partial charge in [0, 0.05) is 32.1 Å². The first kappa shape index (κ1) is 18.5. The van der Waals surface area contributed by atoms with Crippen LogP contribution in [-0.4, -0.2) is 28.2 Å². The first-order chi connectivity index (χ1) is 11.9. The molecule has 25 heavy (non-hydrogen) atoms. The van der Waals surface area contributed by atoms with Gasteiger partial charge in [0.05, 0.1) is 6.61 Å². The second-order valence-corrected chi connectivity index (χ2v) is 6.27. The van der Waals surface area contributed by atoms with Crippen LogP contribution in [0.5, 0.6) is 0 Å². The molecule has 0 spiro atoms. The van der Waals surface area contributed by atoms with Crippen LogP contribution in [0.25, 0.3) is 0 Å². The van der Waals surface area contributed by atoms with Crippen molar-refractivity contribution in [3.8, 4) is 0 Å². The van der Waals surface area contributed by atoms with Crippen LogP contribution in [0.1, 0.15) is 38.2 Å². The normalized spacial score (nSPS) is 11.9. The number of carbonyl (C=O) groups is 2. The second kappa shape index (κ2) is 8.32. The van der Waals surface area contributed by atoms with Crippen molar-refractivity contribution in [2.45, 2.75) is 26.8 Å². The van der Waals surface area contributed by atoms with Gasteiger partial charge in [-0.3, -0.25) is 4.79 Å². The number of nitrogens with zero attached hydrogens (tertiary/aromatic N) is 2. The van der Waals surface area contributed by atoms with Gasteiger partial charge < -0.3 is 19.9 Å². The van der Waals surface area contributed by atoms with Crippen LogP contribution in [-0.2, 0) is 16.6 Å². The van der Waals surface area contributed by atoms with Crippen molar-refractivity contribution >= 4 is 17.7 Å². The molecule has 0 aliphatic carbocycles. The molecule has 0 aliphatic rings. The third kappa shape index (κ3) is 5.34. The third-order valence-electron chi connectivity index (χ3n) is 3.49. The van der Waals surface area contributed by atoms with E-state index in [0.29, 0.717) is 18.1 Å². The van der Waals surface area contributed by atoms with Gasteiger partial charge in [-0.1, -0.05) is 26.0 Å². The van der Waals surface area contributed by atoms with Crippen molar-refractivity contribution in [3.63, 3.8) is 0 Å². The minimum atomic E-state index is -0.493. The fourth-order valence-electron chi connectivity index (χ4n) is 2.32. The summed E-state index contributed by atoms with van der Waals surface area (Å²) >= 11 is 0. The summed E-state index contributed by atoms with van der Waals surface area (Å²) in [6, 6.07) is 6.80. The highest BCUT2D eigenvalue weighted by atomic mass is 16.5. The maximum atomic E-state index is 12.1. The number of nitrogens with one attached hydrogen (secondary N) is 2. The molecular formula is C18H24N4O3. The zero-order valence-corrected chi connectivity index (χ0v) is 14.9. The number of ether oxygens (including phenoxy) is 1. The van der Waals surface area contributed by atoms with Crippen LogP contribution >= 0.6 is 0 Å². The lowest BCUT2D eigenvalue weighted by Gasteiger charge is -2.19. The fraction of sp³-hybridized carbons (Fsp3) is 0.389. The Labute approximate surface area is 147 Å². The molecule has 7 nitrogen and oxygen atoms in total. The number of anilines is 1. The highest BCUT2D eigenvalue weighted by Crippen LogP contribution is 2.22. The monoisotopic (exact) mass is 344 g/mol. The van der Waals surface area contributed by atoms with Gasteiger partial charge in [-0.15, -0.1) is 0 Å². The first-order valence-corrected chi connectivity index (χ1v) is 8.15. The number of imidazole rings is 1. The fourth-order valence-corrected chi connectivity index (χ4v) is 2.32. The van der Waals surface area contributed by atoms with Crippen LogP contribution in [0.4, 0.5) is 10.5 Å². The maximum absolute atomic E-state index is 12.1. The molecule has 0 bridgehead atoms. The molecule has 1 aromatic carbocycles. The van der Waals surface area contributed by atoms with Gasteiger partial charge in [-0.05, 0) is 23.6 Å². The second-order valence-electron chi connectivity index (χ2n) is 6.27. The van der Waals surface area contributed by atoms with E-state index in [0.717, 1.165) is 5.56 Å². The van der Waals surface area contributed by atoms with Crippen molar-refractivity contribution in [3.05, 3.63) is 48.0 Å². The van der Waals surface area contributed by atoms with Crippen molar-refractivity contribution in [2.75, 3.05) is 11.9 Å². The van der Waals surface area contributed by atoms with E-state index in [4.69, 9.17) is 4.74 Å². The average molecular weight is 344 g/mol. The number of aromatic nitrogens is 2. The largest absolute Gasteiger partial charge is 0.449 e. The van der Waals surface area contributed by atoms with E-state index in [1.165, 1.54) is 6.92 Å². The molecule has 7 heteroatoms. The lowest BCUT2D eigenvalue weighted by atomic mass is 10.1. The Balaban J connectivity index is 2.21. The highest BCUT2D eigenvalue weighted by molar-refractivity contribution is 5.88. The van der Waals surface area contributed by atoms with Crippen LogP contribution < -0.4 is 10.6 Å². The molecule has 0 aliphatic heterocycles. The minimum absolute atomic E-state index is 0.135. The van der Waals surface area contributed by atoms with Crippen molar-refractivity contribution in [2.24, 2.45) is 13.0 Å². The van der Waals surface area contributed by atoms with E-state index in [2.05, 4.69) is 15.6 Å². The van der Waals surface area contributed by atoms with Crippen LogP contribution in [0, 0.1) is 5.92 Å². The quantitative estimate of drug-likeness (QED) is 0.844. The molecule has 1 aromatic heterocycles. The van der Waals surface area contributed by atoms with E-state index in [1.54, 1.807) is 18.3 Å². The molecule has 2 aromatic rings. The SMILES string of the molecule is CC(=O)Nc1ccc(C(NC(=O)OCC(C)C)c2nccn2C)cc1. The minimum Gasteiger partial charge on any atom is -0.449 e. The van der Waals surface area contributed by atoms with E-state index >= 15 is 0 Å². The number of amides is 2. The zero-order valence-electron chi connectivity index (χ0n) is 14.9. The number of aryl methyl sites for hydroxylation is 1. The summed E-state index contributed by atoms with van der Waals surface area (Å²) in [5, 5.41) is 5.58. The molecule has 1 heterocycles. The first-order valence-electron chi connectivity index (χ1n) is 8.15. The summed E-state index contributed by atoms with van der Waals surface area (Å²) in [5.41, 5.74) is 1.53. The Morgan fingerprint density at radius 1 is 1.24 bits per heavy atom. The lowest BCUT2D eigenvalue weighted by molar-refractivity contribution is -0.114. The van der Waals surface area contributed by atoms with Crippen LogP contribution in [0.3, 0.4) is 0 Å². The van der Waals surface area contributed by atoms with Gasteiger partial charge in [-0.2, -0.15) is 0 Å². The number of benzene rings is 1. The smallest absolute Gasteiger partial charge is 0.408 e. The molecule has 0 saturated carbocycles. The summed E-state index contributed by atoms with van der Waals surface area (Å²) in [5.74, 6) is 0.812. The van der Waals surface area contributed by atoms with E-state index < -0.39 is 12.1 Å². The van der Waals surface area contributed by atoms with Gasteiger partial charge >= 0.3 is 6.09 Å². The predicted molar refractivity (Wildman–Crippen MR) is 95.1 cm³/mol. The van der Waals surface area contributed by atoms with Crippen molar-refractivity contribution < 1.29 is 14.3 Å². The molecule has 0 saturated heterocycles. The molecule has 2 N–H and O–H groups in total. The molecule has 1 atom stereocenters. The highest BCUT2D eigenvalue weighted by Gasteiger charge is 2.21. The van der Waals surface area contributed by atoms with Gasteiger partial charge in [0.2, 0.25) is 5.91 Å². The molecule has 2 amide bonds. The number of carbonyl (C=O) groups excluding carboxylic acids is 2. The van der Waals surface area contributed by atoms with Crippen molar-refractivity contribution in [1.29, 1.82) is 0 Å². The zero-order chi connectivity index (χ0) is 18.4. The Hall–Kier alpha value is -2.83. The Morgan fingerprint density at radius 2 is 1.92 bits per heavy atom. The van der Waals surface area contributed by atoms with Gasteiger partial charge in [0.15, 0.2) is 0 Å². The molecule has 0 fully saturated rings. The lowest BCUT2D eigenvalue weighted by Crippen LogP contribution is -2.32. The number of rotatable bonds is 6. The molecule has 1 unspecified atom stereocenters. The topological polar surface area (TPSA) is 85.2 Å². The summed E-state index contributed by atoms with van der Waals surface area (Å²) < 4.78 is 7.07.